The molecule has 0 spiro atoms. The van der Waals surface area contributed by atoms with Crippen molar-refractivity contribution >= 4 is 27.2 Å². The Balaban J connectivity index is 2.64. The minimum absolute atomic E-state index is 0.0515. The molecule has 1 aromatic carbocycles. The molecule has 0 atom stereocenters. The topological polar surface area (TPSA) is 89.3 Å². The zero-order valence-corrected chi connectivity index (χ0v) is 14.1. The summed E-state index contributed by atoms with van der Waals surface area (Å²) in [6.45, 7) is 3.13. The number of sulfone groups is 1. The molecule has 0 bridgehead atoms. The summed E-state index contributed by atoms with van der Waals surface area (Å²) in [6, 6.07) is 2.69. The molecule has 1 aromatic heterocycles. The van der Waals surface area contributed by atoms with Crippen LogP contribution in [0.1, 0.15) is 27.2 Å². The van der Waals surface area contributed by atoms with Crippen LogP contribution in [0, 0.1) is 13.8 Å². The molecule has 0 fully saturated rings. The van der Waals surface area contributed by atoms with Gasteiger partial charge in [-0.25, -0.2) is 13.1 Å². The van der Waals surface area contributed by atoms with Crippen LogP contribution < -0.4 is 0 Å². The van der Waals surface area contributed by atoms with Gasteiger partial charge < -0.3 is 5.11 Å². The Kier molecular flexibility index (Phi) is 4.06. The Labute approximate surface area is 133 Å². The summed E-state index contributed by atoms with van der Waals surface area (Å²) >= 11 is 6.17. The minimum Gasteiger partial charge on any atom is -0.493 e. The van der Waals surface area contributed by atoms with Gasteiger partial charge in [-0.15, -0.1) is 0 Å². The maximum atomic E-state index is 12.6. The highest BCUT2D eigenvalue weighted by molar-refractivity contribution is 7.90. The van der Waals surface area contributed by atoms with Crippen LogP contribution in [0.2, 0.25) is 5.02 Å². The van der Waals surface area contributed by atoms with Gasteiger partial charge in [0, 0.05) is 18.9 Å². The number of hydrogen-bond donors (Lipinski definition) is 1. The average Bonchev–Trinajstić information content (AvgIpc) is 2.64. The molecular weight excluding hydrogens is 328 g/mol. The van der Waals surface area contributed by atoms with E-state index < -0.39 is 15.6 Å². The molecule has 0 aliphatic heterocycles. The lowest BCUT2D eigenvalue weighted by atomic mass is 10.0. The van der Waals surface area contributed by atoms with Gasteiger partial charge in [-0.05, 0) is 31.5 Å². The monoisotopic (exact) mass is 342 g/mol. The van der Waals surface area contributed by atoms with Gasteiger partial charge in [-0.1, -0.05) is 11.6 Å². The van der Waals surface area contributed by atoms with E-state index in [4.69, 9.17) is 11.6 Å². The van der Waals surface area contributed by atoms with Crippen molar-refractivity contribution in [3.05, 3.63) is 39.5 Å². The van der Waals surface area contributed by atoms with Crippen LogP contribution in [-0.4, -0.2) is 35.3 Å². The van der Waals surface area contributed by atoms with Crippen molar-refractivity contribution in [3.8, 4) is 5.88 Å². The summed E-state index contributed by atoms with van der Waals surface area (Å²) in [5, 5.41) is 14.0. The number of ketones is 1. The molecule has 0 saturated heterocycles. The van der Waals surface area contributed by atoms with Crippen molar-refractivity contribution in [2.24, 2.45) is 7.05 Å². The predicted molar refractivity (Wildman–Crippen MR) is 82.3 cm³/mol. The Morgan fingerprint density at radius 3 is 2.36 bits per heavy atom. The average molecular weight is 343 g/mol. The number of aromatic nitrogens is 2. The Bertz CT molecular complexity index is 885. The molecule has 0 saturated carbocycles. The van der Waals surface area contributed by atoms with Gasteiger partial charge in [0.2, 0.25) is 11.7 Å². The predicted octanol–water partition coefficient (Wildman–Crippen LogP) is 2.03. The van der Waals surface area contributed by atoms with E-state index in [1.165, 1.54) is 30.8 Å². The summed E-state index contributed by atoms with van der Waals surface area (Å²) < 4.78 is 24.5. The molecule has 0 radical (unpaired) electrons. The molecule has 6 nitrogen and oxygen atoms in total. The van der Waals surface area contributed by atoms with Crippen LogP contribution in [0.5, 0.6) is 5.88 Å². The van der Waals surface area contributed by atoms with Crippen LogP contribution in [0.15, 0.2) is 17.0 Å². The fraction of sp³-hybridized carbons (Fsp3) is 0.286. The highest BCUT2D eigenvalue weighted by Crippen LogP contribution is 2.31. The third-order valence-electron chi connectivity index (χ3n) is 3.40. The fourth-order valence-corrected chi connectivity index (χ4v) is 3.57. The van der Waals surface area contributed by atoms with E-state index in [0.717, 1.165) is 6.26 Å². The number of hydrogen-bond acceptors (Lipinski definition) is 5. The Morgan fingerprint density at radius 2 is 1.91 bits per heavy atom. The first-order valence-corrected chi connectivity index (χ1v) is 8.59. The number of nitrogens with zero attached hydrogens (tertiary/aromatic N) is 2. The van der Waals surface area contributed by atoms with Crippen molar-refractivity contribution in [1.29, 1.82) is 0 Å². The van der Waals surface area contributed by atoms with E-state index in [2.05, 4.69) is 5.10 Å². The largest absolute Gasteiger partial charge is 0.493 e. The number of halogens is 1. The Morgan fingerprint density at radius 1 is 1.32 bits per heavy atom. The highest BCUT2D eigenvalue weighted by Gasteiger charge is 2.25. The second kappa shape index (κ2) is 5.40. The molecular formula is C14H15ClN2O4S. The molecule has 1 heterocycles. The zero-order chi connectivity index (χ0) is 16.8. The fourth-order valence-electron chi connectivity index (χ4n) is 2.29. The van der Waals surface area contributed by atoms with E-state index in [1.807, 2.05) is 0 Å². The van der Waals surface area contributed by atoms with Gasteiger partial charge in [0.15, 0.2) is 9.84 Å². The highest BCUT2D eigenvalue weighted by atomic mass is 35.5. The van der Waals surface area contributed by atoms with Crippen molar-refractivity contribution in [2.45, 2.75) is 18.7 Å². The van der Waals surface area contributed by atoms with Crippen molar-refractivity contribution in [2.75, 3.05) is 6.26 Å². The number of carbonyl (C=O) groups is 1. The standard InChI is InChI=1S/C14H15ClN2O4S/c1-7-10(22(4,20)21)6-5-9(12(7)15)13(18)11-8(2)16-17(3)14(11)19/h5-6,19H,1-4H3. The molecule has 0 aliphatic rings. The van der Waals surface area contributed by atoms with Gasteiger partial charge in [0.1, 0.15) is 5.56 Å². The van der Waals surface area contributed by atoms with Crippen molar-refractivity contribution in [3.63, 3.8) is 0 Å². The third kappa shape index (κ3) is 2.62. The zero-order valence-electron chi connectivity index (χ0n) is 12.5. The van der Waals surface area contributed by atoms with Crippen LogP contribution in [0.3, 0.4) is 0 Å². The second-order valence-corrected chi connectivity index (χ2v) is 7.42. The first kappa shape index (κ1) is 16.5. The molecule has 0 unspecified atom stereocenters. The first-order valence-electron chi connectivity index (χ1n) is 6.32. The van der Waals surface area contributed by atoms with E-state index in [-0.39, 0.29) is 26.9 Å². The molecule has 2 rings (SSSR count). The lowest BCUT2D eigenvalue weighted by Crippen LogP contribution is -2.07. The van der Waals surface area contributed by atoms with Crippen LogP contribution >= 0.6 is 11.6 Å². The quantitative estimate of drug-likeness (QED) is 0.862. The summed E-state index contributed by atoms with van der Waals surface area (Å²) in [5.74, 6) is -0.764. The first-order chi connectivity index (χ1) is 10.1. The third-order valence-corrected chi connectivity index (χ3v) is 5.13. The normalized spacial score (nSPS) is 11.7. The number of aryl methyl sites for hydroxylation is 2. The molecule has 0 amide bonds. The number of benzene rings is 1. The van der Waals surface area contributed by atoms with Crippen molar-refractivity contribution in [1.82, 2.24) is 9.78 Å². The van der Waals surface area contributed by atoms with E-state index in [0.29, 0.717) is 11.3 Å². The van der Waals surface area contributed by atoms with Crippen LogP contribution in [0.4, 0.5) is 0 Å². The molecule has 118 valence electrons. The lowest BCUT2D eigenvalue weighted by Gasteiger charge is -2.10. The second-order valence-electron chi connectivity index (χ2n) is 5.06. The number of carbonyl (C=O) groups excluding carboxylic acids is 1. The smallest absolute Gasteiger partial charge is 0.220 e. The van der Waals surface area contributed by atoms with Crippen molar-refractivity contribution < 1.29 is 18.3 Å². The van der Waals surface area contributed by atoms with E-state index in [1.54, 1.807) is 6.92 Å². The van der Waals surface area contributed by atoms with Gasteiger partial charge in [-0.2, -0.15) is 5.10 Å². The SMILES string of the molecule is Cc1nn(C)c(O)c1C(=O)c1ccc(S(C)(=O)=O)c(C)c1Cl. The summed E-state index contributed by atoms with van der Waals surface area (Å²) in [4.78, 5) is 12.7. The molecule has 2 aromatic rings. The van der Waals surface area contributed by atoms with Gasteiger partial charge in [0.05, 0.1) is 15.6 Å². The molecule has 1 N–H and O–H groups in total. The lowest BCUT2D eigenvalue weighted by molar-refractivity contribution is 0.103. The van der Waals surface area contributed by atoms with Crippen LogP contribution in [-0.2, 0) is 16.9 Å². The van der Waals surface area contributed by atoms with Gasteiger partial charge >= 0.3 is 0 Å². The maximum Gasteiger partial charge on any atom is 0.220 e. The molecule has 8 heteroatoms. The van der Waals surface area contributed by atoms with E-state index >= 15 is 0 Å². The Hall–Kier alpha value is -1.86. The summed E-state index contributed by atoms with van der Waals surface area (Å²) in [6.07, 6.45) is 1.07. The summed E-state index contributed by atoms with van der Waals surface area (Å²) in [5.41, 5.74) is 0.843. The number of rotatable bonds is 3. The molecule has 22 heavy (non-hydrogen) atoms. The molecule has 0 aliphatic carbocycles. The number of aromatic hydroxyl groups is 1. The van der Waals surface area contributed by atoms with E-state index in [9.17, 15) is 18.3 Å². The summed E-state index contributed by atoms with van der Waals surface area (Å²) in [7, 11) is -1.92. The minimum atomic E-state index is -3.44. The van der Waals surface area contributed by atoms with Gasteiger partial charge in [-0.3, -0.25) is 4.79 Å². The maximum absolute atomic E-state index is 12.6. The van der Waals surface area contributed by atoms with Gasteiger partial charge in [0.25, 0.3) is 0 Å². The van der Waals surface area contributed by atoms with Crippen LogP contribution in [0.25, 0.3) is 0 Å².